The molecular formula is C20H22BF3NO3. The summed E-state index contributed by atoms with van der Waals surface area (Å²) in [6.07, 6.45) is -4.51. The van der Waals surface area contributed by atoms with E-state index in [1.165, 1.54) is 19.6 Å². The molecule has 0 saturated carbocycles. The first-order valence-corrected chi connectivity index (χ1v) is 8.62. The van der Waals surface area contributed by atoms with Gasteiger partial charge >= 0.3 is 13.7 Å². The summed E-state index contributed by atoms with van der Waals surface area (Å²) in [5.41, 5.74) is -1.70. The maximum Gasteiger partial charge on any atom is 0.416 e. The van der Waals surface area contributed by atoms with E-state index < -0.39 is 28.8 Å². The lowest BCUT2D eigenvalue weighted by Crippen LogP contribution is -2.49. The van der Waals surface area contributed by atoms with E-state index in [0.29, 0.717) is 11.2 Å². The first-order chi connectivity index (χ1) is 12.8. The number of rotatable bonds is 6. The maximum atomic E-state index is 12.8. The van der Waals surface area contributed by atoms with Gasteiger partial charge in [0.25, 0.3) is 5.91 Å². The fraction of sp³-hybridized carbons (Fsp3) is 0.350. The normalized spacial score (nSPS) is 12.6. The lowest BCUT2D eigenvalue weighted by atomic mass is 9.82. The highest BCUT2D eigenvalue weighted by molar-refractivity contribution is 6.47. The Morgan fingerprint density at radius 1 is 1.04 bits per heavy atom. The zero-order valence-corrected chi connectivity index (χ0v) is 16.1. The molecule has 2 N–H and O–H groups in total. The molecule has 0 aliphatic rings. The largest absolute Gasteiger partial charge is 0.427 e. The van der Waals surface area contributed by atoms with Gasteiger partial charge in [-0.15, -0.1) is 0 Å². The lowest BCUT2D eigenvalue weighted by molar-refractivity contribution is -0.137. The number of benzene rings is 2. The Bertz CT molecular complexity index is 828. The number of halogens is 3. The molecule has 2 rings (SSSR count). The van der Waals surface area contributed by atoms with Crippen molar-refractivity contribution in [1.29, 1.82) is 0 Å². The van der Waals surface area contributed by atoms with Crippen molar-refractivity contribution in [3.63, 3.8) is 0 Å². The molecule has 0 unspecified atom stereocenters. The molecule has 0 atom stereocenters. The standard InChI is InChI=1S/C20H22BF3NO3/c1-18(2,27)19(3,4)28-21-15-8-10-16(11-9-15)25-17(26)13-6-5-7-14(12-13)20(22,23)24/h5-12,27H,1-4H3,(H,25,26). The van der Waals surface area contributed by atoms with Crippen LogP contribution in [0.3, 0.4) is 0 Å². The third-order valence-corrected chi connectivity index (χ3v) is 4.58. The minimum atomic E-state index is -4.51. The van der Waals surface area contributed by atoms with Crippen LogP contribution < -0.4 is 10.8 Å². The number of carbonyl (C=O) groups excluding carboxylic acids is 1. The molecule has 1 amide bonds. The van der Waals surface area contributed by atoms with Gasteiger partial charge in [-0.05, 0) is 58.0 Å². The molecule has 149 valence electrons. The van der Waals surface area contributed by atoms with Gasteiger partial charge in [0.2, 0.25) is 0 Å². The predicted octanol–water partition coefficient (Wildman–Crippen LogP) is 3.77. The van der Waals surface area contributed by atoms with E-state index in [2.05, 4.69) is 5.32 Å². The summed E-state index contributed by atoms with van der Waals surface area (Å²) in [5, 5.41) is 12.6. The second-order valence-corrected chi connectivity index (χ2v) is 7.46. The average Bonchev–Trinajstić information content (AvgIpc) is 2.59. The van der Waals surface area contributed by atoms with Gasteiger partial charge in [0.15, 0.2) is 0 Å². The summed E-state index contributed by atoms with van der Waals surface area (Å²) < 4.78 is 44.0. The fourth-order valence-electron chi connectivity index (χ4n) is 2.04. The van der Waals surface area contributed by atoms with Gasteiger partial charge in [-0.2, -0.15) is 13.2 Å². The number of carbonyl (C=O) groups is 1. The van der Waals surface area contributed by atoms with Crippen molar-refractivity contribution in [2.45, 2.75) is 45.1 Å². The van der Waals surface area contributed by atoms with Crippen molar-refractivity contribution in [2.75, 3.05) is 5.32 Å². The Kier molecular flexibility index (Phi) is 6.26. The SMILES string of the molecule is CC(C)(O)C(C)(C)O[B]c1ccc(NC(=O)c2cccc(C(F)(F)F)c2)cc1. The molecule has 0 saturated heterocycles. The molecule has 0 spiro atoms. The van der Waals surface area contributed by atoms with E-state index in [4.69, 9.17) is 4.65 Å². The van der Waals surface area contributed by atoms with Crippen molar-refractivity contribution in [3.05, 3.63) is 59.7 Å². The molecule has 0 heterocycles. The van der Waals surface area contributed by atoms with E-state index in [1.807, 2.05) is 0 Å². The van der Waals surface area contributed by atoms with E-state index in [1.54, 1.807) is 52.0 Å². The average molecular weight is 392 g/mol. The number of hydrogen-bond donors (Lipinski definition) is 2. The minimum Gasteiger partial charge on any atom is -0.427 e. The third-order valence-electron chi connectivity index (χ3n) is 4.58. The van der Waals surface area contributed by atoms with Crippen LogP contribution in [0.5, 0.6) is 0 Å². The summed E-state index contributed by atoms with van der Waals surface area (Å²) >= 11 is 0. The van der Waals surface area contributed by atoms with Crippen LogP contribution in [0.15, 0.2) is 48.5 Å². The van der Waals surface area contributed by atoms with E-state index in [0.717, 1.165) is 12.1 Å². The van der Waals surface area contributed by atoms with Gasteiger partial charge in [0, 0.05) is 11.3 Å². The van der Waals surface area contributed by atoms with Gasteiger partial charge in [-0.1, -0.05) is 23.7 Å². The molecule has 0 fully saturated rings. The first-order valence-electron chi connectivity index (χ1n) is 8.62. The Morgan fingerprint density at radius 3 is 2.18 bits per heavy atom. The summed E-state index contributed by atoms with van der Waals surface area (Å²) in [6, 6.07) is 10.8. The maximum absolute atomic E-state index is 12.8. The molecule has 0 aromatic heterocycles. The molecule has 8 heteroatoms. The topological polar surface area (TPSA) is 58.6 Å². The van der Waals surface area contributed by atoms with Crippen molar-refractivity contribution in [2.24, 2.45) is 0 Å². The van der Waals surface area contributed by atoms with Crippen LogP contribution in [0.4, 0.5) is 18.9 Å². The highest BCUT2D eigenvalue weighted by Gasteiger charge is 2.35. The molecular weight excluding hydrogens is 370 g/mol. The Labute approximate surface area is 163 Å². The van der Waals surface area contributed by atoms with E-state index in [9.17, 15) is 23.1 Å². The van der Waals surface area contributed by atoms with Crippen LogP contribution in [-0.4, -0.2) is 29.7 Å². The zero-order valence-electron chi connectivity index (χ0n) is 16.1. The highest BCUT2D eigenvalue weighted by atomic mass is 19.4. The second kappa shape index (κ2) is 7.97. The third kappa shape index (κ3) is 5.59. The quantitative estimate of drug-likeness (QED) is 0.736. The monoisotopic (exact) mass is 392 g/mol. The van der Waals surface area contributed by atoms with Crippen molar-refractivity contribution >= 4 is 24.5 Å². The van der Waals surface area contributed by atoms with Crippen LogP contribution in [0.1, 0.15) is 43.6 Å². The Hall–Kier alpha value is -2.32. The number of amides is 1. The van der Waals surface area contributed by atoms with Crippen molar-refractivity contribution in [1.82, 2.24) is 0 Å². The van der Waals surface area contributed by atoms with Gasteiger partial charge in [-0.3, -0.25) is 4.79 Å². The smallest absolute Gasteiger partial charge is 0.416 e. The molecule has 28 heavy (non-hydrogen) atoms. The highest BCUT2D eigenvalue weighted by Crippen LogP contribution is 2.29. The van der Waals surface area contributed by atoms with Crippen LogP contribution in [0.25, 0.3) is 0 Å². The molecule has 2 aromatic carbocycles. The van der Waals surface area contributed by atoms with Crippen LogP contribution in [0.2, 0.25) is 0 Å². The van der Waals surface area contributed by atoms with Gasteiger partial charge in [0.1, 0.15) is 0 Å². The summed E-state index contributed by atoms with van der Waals surface area (Å²) in [7, 11) is 1.50. The number of hydrogen-bond acceptors (Lipinski definition) is 3. The molecule has 0 aliphatic carbocycles. The Morgan fingerprint density at radius 2 is 1.64 bits per heavy atom. The minimum absolute atomic E-state index is 0.0827. The summed E-state index contributed by atoms with van der Waals surface area (Å²) in [4.78, 5) is 12.2. The van der Waals surface area contributed by atoms with Crippen LogP contribution in [-0.2, 0) is 10.8 Å². The van der Waals surface area contributed by atoms with E-state index in [-0.39, 0.29) is 5.56 Å². The summed E-state index contributed by atoms with van der Waals surface area (Å²) in [6.45, 7) is 6.81. The van der Waals surface area contributed by atoms with Gasteiger partial charge in [-0.25, -0.2) is 0 Å². The number of aliphatic hydroxyl groups is 1. The number of alkyl halides is 3. The summed E-state index contributed by atoms with van der Waals surface area (Å²) in [5.74, 6) is -0.637. The molecule has 0 aliphatic heterocycles. The zero-order chi connectivity index (χ0) is 21.2. The second-order valence-electron chi connectivity index (χ2n) is 7.46. The van der Waals surface area contributed by atoms with E-state index >= 15 is 0 Å². The molecule has 2 aromatic rings. The van der Waals surface area contributed by atoms with Crippen LogP contribution in [0, 0.1) is 0 Å². The van der Waals surface area contributed by atoms with Crippen molar-refractivity contribution in [3.8, 4) is 0 Å². The fourth-order valence-corrected chi connectivity index (χ4v) is 2.04. The number of nitrogens with one attached hydrogen (secondary N) is 1. The molecule has 1 radical (unpaired) electrons. The van der Waals surface area contributed by atoms with Crippen molar-refractivity contribution < 1.29 is 27.7 Å². The van der Waals surface area contributed by atoms with Gasteiger partial charge in [0.05, 0.1) is 16.8 Å². The molecule has 4 nitrogen and oxygen atoms in total. The lowest BCUT2D eigenvalue weighted by Gasteiger charge is -2.37. The number of anilines is 1. The first kappa shape index (κ1) is 22.0. The predicted molar refractivity (Wildman–Crippen MR) is 103 cm³/mol. The van der Waals surface area contributed by atoms with Crippen LogP contribution >= 0.6 is 0 Å². The molecule has 0 bridgehead atoms. The van der Waals surface area contributed by atoms with Gasteiger partial charge < -0.3 is 15.1 Å². The Balaban J connectivity index is 2.02.